The van der Waals surface area contributed by atoms with Crippen molar-refractivity contribution in [3.63, 3.8) is 0 Å². The Balaban J connectivity index is 2.40. The second-order valence-electron chi connectivity index (χ2n) is 5.43. The van der Waals surface area contributed by atoms with Gasteiger partial charge in [-0.25, -0.2) is 0 Å². The Labute approximate surface area is 115 Å². The molecule has 0 spiro atoms. The molecule has 1 atom stereocenters. The van der Waals surface area contributed by atoms with Crippen LogP contribution in [0.1, 0.15) is 37.8 Å². The fourth-order valence-corrected chi connectivity index (χ4v) is 2.58. The molecule has 102 valence electrons. The summed E-state index contributed by atoms with van der Waals surface area (Å²) in [6.07, 6.45) is 2.01. The lowest BCUT2D eigenvalue weighted by molar-refractivity contribution is 0.0846. The maximum atomic E-state index is 10.0. The summed E-state index contributed by atoms with van der Waals surface area (Å²) in [5.41, 5.74) is 2.00. The Hall–Kier alpha value is -0.510. The Kier molecular flexibility index (Phi) is 6.19. The molecule has 0 amide bonds. The molecule has 0 bridgehead atoms. The van der Waals surface area contributed by atoms with Gasteiger partial charge >= 0.3 is 0 Å². The number of nitrogens with one attached hydrogen (secondary N) is 1. The monoisotopic (exact) mass is 267 g/mol. The third-order valence-corrected chi connectivity index (χ3v) is 3.85. The van der Waals surface area contributed by atoms with Crippen molar-refractivity contribution in [3.05, 3.63) is 35.4 Å². The molecule has 1 rings (SSSR count). The van der Waals surface area contributed by atoms with Crippen LogP contribution in [-0.2, 0) is 6.54 Å². The molecule has 0 aromatic heterocycles. The normalized spacial score (nSPS) is 14.8. The highest BCUT2D eigenvalue weighted by atomic mass is 32.2. The summed E-state index contributed by atoms with van der Waals surface area (Å²) in [6, 6.07) is 8.68. The van der Waals surface area contributed by atoms with Crippen LogP contribution in [-0.4, -0.2) is 29.3 Å². The van der Waals surface area contributed by atoms with Crippen LogP contribution in [0.2, 0.25) is 0 Å². The standard InChI is InChI=1S/C15H25NOS/c1-12(2)14-7-5-13(6-8-14)9-16-10-15(3,17)11-18-4/h5-8,12,16-17H,9-11H2,1-4H3. The molecule has 2 nitrogen and oxygen atoms in total. The molecule has 3 heteroatoms. The van der Waals surface area contributed by atoms with Gasteiger partial charge in [-0.1, -0.05) is 38.1 Å². The second-order valence-corrected chi connectivity index (χ2v) is 6.30. The lowest BCUT2D eigenvalue weighted by Crippen LogP contribution is -2.39. The van der Waals surface area contributed by atoms with Crippen LogP contribution < -0.4 is 5.32 Å². The zero-order valence-electron chi connectivity index (χ0n) is 11.9. The van der Waals surface area contributed by atoms with Crippen LogP contribution in [0.4, 0.5) is 0 Å². The molecule has 0 saturated carbocycles. The van der Waals surface area contributed by atoms with Gasteiger partial charge in [0.2, 0.25) is 0 Å². The quantitative estimate of drug-likeness (QED) is 0.796. The molecule has 1 aromatic carbocycles. The lowest BCUT2D eigenvalue weighted by atomic mass is 10.0. The number of thioether (sulfide) groups is 1. The van der Waals surface area contributed by atoms with Crippen LogP contribution >= 0.6 is 11.8 Å². The van der Waals surface area contributed by atoms with E-state index in [4.69, 9.17) is 0 Å². The molecule has 2 N–H and O–H groups in total. The molecule has 0 aliphatic carbocycles. The molecule has 1 unspecified atom stereocenters. The molecule has 0 aliphatic heterocycles. The largest absolute Gasteiger partial charge is 0.388 e. The van der Waals surface area contributed by atoms with E-state index in [0.717, 1.165) is 12.3 Å². The third-order valence-electron chi connectivity index (χ3n) is 2.94. The molecule has 0 heterocycles. The van der Waals surface area contributed by atoms with Gasteiger partial charge in [0.15, 0.2) is 0 Å². The van der Waals surface area contributed by atoms with E-state index in [1.165, 1.54) is 11.1 Å². The number of aliphatic hydroxyl groups is 1. The zero-order chi connectivity index (χ0) is 13.6. The SMILES string of the molecule is CSCC(C)(O)CNCc1ccc(C(C)C)cc1. The van der Waals surface area contributed by atoms with Crippen LogP contribution in [0.3, 0.4) is 0 Å². The summed E-state index contributed by atoms with van der Waals surface area (Å²) in [6.45, 7) is 7.71. The van der Waals surface area contributed by atoms with Gasteiger partial charge < -0.3 is 10.4 Å². The van der Waals surface area contributed by atoms with Crippen molar-refractivity contribution in [2.75, 3.05) is 18.6 Å². The van der Waals surface area contributed by atoms with Gasteiger partial charge in [0.1, 0.15) is 0 Å². The summed E-state index contributed by atoms with van der Waals surface area (Å²) in [5.74, 6) is 1.33. The van der Waals surface area contributed by atoms with Crippen LogP contribution in [0.15, 0.2) is 24.3 Å². The minimum Gasteiger partial charge on any atom is -0.388 e. The highest BCUT2D eigenvalue weighted by Crippen LogP contribution is 2.15. The van der Waals surface area contributed by atoms with Crippen molar-refractivity contribution < 1.29 is 5.11 Å². The molecule has 18 heavy (non-hydrogen) atoms. The summed E-state index contributed by atoms with van der Waals surface area (Å²) in [7, 11) is 0. The van der Waals surface area contributed by atoms with Gasteiger partial charge in [0.05, 0.1) is 5.60 Å². The van der Waals surface area contributed by atoms with E-state index in [2.05, 4.69) is 43.4 Å². The molecule has 1 aromatic rings. The first-order chi connectivity index (χ1) is 8.44. The van der Waals surface area contributed by atoms with Crippen LogP contribution in [0, 0.1) is 0 Å². The van der Waals surface area contributed by atoms with Gasteiger partial charge in [-0.05, 0) is 30.2 Å². The molecule has 0 radical (unpaired) electrons. The predicted molar refractivity (Wildman–Crippen MR) is 81.2 cm³/mol. The van der Waals surface area contributed by atoms with Gasteiger partial charge in [0.25, 0.3) is 0 Å². The second kappa shape index (κ2) is 7.17. The first-order valence-corrected chi connectivity index (χ1v) is 7.85. The summed E-state index contributed by atoms with van der Waals surface area (Å²) in [4.78, 5) is 0. The summed E-state index contributed by atoms with van der Waals surface area (Å²) >= 11 is 1.67. The smallest absolute Gasteiger partial charge is 0.0833 e. The maximum Gasteiger partial charge on any atom is 0.0833 e. The molecular weight excluding hydrogens is 242 g/mol. The number of hydrogen-bond donors (Lipinski definition) is 2. The fourth-order valence-electron chi connectivity index (χ4n) is 1.86. The molecular formula is C15H25NOS. The number of rotatable bonds is 7. The maximum absolute atomic E-state index is 10.0. The first kappa shape index (κ1) is 15.5. The molecule has 0 aliphatic rings. The van der Waals surface area contributed by atoms with Gasteiger partial charge in [-0.2, -0.15) is 11.8 Å². The van der Waals surface area contributed by atoms with E-state index in [-0.39, 0.29) is 0 Å². The van der Waals surface area contributed by atoms with E-state index in [0.29, 0.717) is 12.5 Å². The average molecular weight is 267 g/mol. The third kappa shape index (κ3) is 5.42. The van der Waals surface area contributed by atoms with E-state index >= 15 is 0 Å². The Morgan fingerprint density at radius 2 is 1.89 bits per heavy atom. The van der Waals surface area contributed by atoms with Crippen molar-refractivity contribution in [1.82, 2.24) is 5.32 Å². The summed E-state index contributed by atoms with van der Waals surface area (Å²) < 4.78 is 0. The Morgan fingerprint density at radius 1 is 1.28 bits per heavy atom. The first-order valence-electron chi connectivity index (χ1n) is 6.45. The minimum atomic E-state index is -0.628. The molecule has 0 fully saturated rings. The van der Waals surface area contributed by atoms with Crippen LogP contribution in [0.25, 0.3) is 0 Å². The van der Waals surface area contributed by atoms with Gasteiger partial charge in [-0.3, -0.25) is 0 Å². The van der Waals surface area contributed by atoms with Crippen LogP contribution in [0.5, 0.6) is 0 Å². The topological polar surface area (TPSA) is 32.3 Å². The van der Waals surface area contributed by atoms with E-state index in [9.17, 15) is 5.11 Å². The van der Waals surface area contributed by atoms with E-state index in [1.54, 1.807) is 11.8 Å². The van der Waals surface area contributed by atoms with Crippen molar-refractivity contribution in [3.8, 4) is 0 Å². The number of benzene rings is 1. The van der Waals surface area contributed by atoms with Crippen molar-refractivity contribution >= 4 is 11.8 Å². The van der Waals surface area contributed by atoms with Gasteiger partial charge in [-0.15, -0.1) is 0 Å². The van der Waals surface area contributed by atoms with E-state index < -0.39 is 5.60 Å². The minimum absolute atomic E-state index is 0.578. The van der Waals surface area contributed by atoms with E-state index in [1.807, 2.05) is 13.2 Å². The highest BCUT2D eigenvalue weighted by Gasteiger charge is 2.18. The Bertz CT molecular complexity index is 346. The van der Waals surface area contributed by atoms with Crippen molar-refractivity contribution in [1.29, 1.82) is 0 Å². The average Bonchev–Trinajstić information content (AvgIpc) is 2.29. The van der Waals surface area contributed by atoms with Crippen molar-refractivity contribution in [2.45, 2.75) is 38.8 Å². The Morgan fingerprint density at radius 3 is 2.39 bits per heavy atom. The lowest BCUT2D eigenvalue weighted by Gasteiger charge is -2.22. The predicted octanol–water partition coefficient (Wildman–Crippen LogP) is 3.01. The van der Waals surface area contributed by atoms with Gasteiger partial charge in [0, 0.05) is 18.8 Å². The molecule has 0 saturated heterocycles. The highest BCUT2D eigenvalue weighted by molar-refractivity contribution is 7.98. The summed E-state index contributed by atoms with van der Waals surface area (Å²) in [5, 5.41) is 13.3. The van der Waals surface area contributed by atoms with Crippen molar-refractivity contribution in [2.24, 2.45) is 0 Å². The number of hydrogen-bond acceptors (Lipinski definition) is 3. The zero-order valence-corrected chi connectivity index (χ0v) is 12.7. The fraction of sp³-hybridized carbons (Fsp3) is 0.600.